The van der Waals surface area contributed by atoms with E-state index in [0.29, 0.717) is 24.9 Å². The zero-order chi connectivity index (χ0) is 22.5. The van der Waals surface area contributed by atoms with Crippen molar-refractivity contribution >= 4 is 5.95 Å². The van der Waals surface area contributed by atoms with Crippen LogP contribution in [0.15, 0.2) is 41.1 Å². The molecule has 3 aromatic rings. The summed E-state index contributed by atoms with van der Waals surface area (Å²) >= 11 is 0. The van der Waals surface area contributed by atoms with Crippen molar-refractivity contribution in [1.29, 1.82) is 0 Å². The third kappa shape index (κ3) is 5.08. The van der Waals surface area contributed by atoms with E-state index in [-0.39, 0.29) is 6.04 Å². The van der Waals surface area contributed by atoms with E-state index in [1.54, 1.807) is 7.11 Å². The Balaban J connectivity index is 1.60. The highest BCUT2D eigenvalue weighted by atomic mass is 16.5. The number of nitrogens with zero attached hydrogens (tertiary/aromatic N) is 5. The van der Waals surface area contributed by atoms with Crippen LogP contribution in [0, 0.1) is 6.92 Å². The van der Waals surface area contributed by atoms with Gasteiger partial charge in [-0.3, -0.25) is 4.90 Å². The number of ether oxygens (including phenoxy) is 2. The number of aromatic nitrogens is 3. The zero-order valence-electron chi connectivity index (χ0n) is 19.2. The Morgan fingerprint density at radius 2 is 2.09 bits per heavy atom. The molecule has 8 nitrogen and oxygen atoms in total. The number of likely N-dealkylation sites (tertiary alicyclic amines) is 1. The van der Waals surface area contributed by atoms with E-state index in [0.717, 1.165) is 48.6 Å². The number of aryl methyl sites for hydroxylation is 1. The topological polar surface area (TPSA) is 76.8 Å². The van der Waals surface area contributed by atoms with E-state index in [9.17, 15) is 0 Å². The monoisotopic (exact) mass is 437 g/mol. The SMILES string of the molecule is COCCOc1cccc(CN2CCC[C@H]2c2nc(N(C)C)ncc2-c2cc(C)no2)c1. The first kappa shape index (κ1) is 22.2. The van der Waals surface area contributed by atoms with Gasteiger partial charge in [-0.15, -0.1) is 0 Å². The van der Waals surface area contributed by atoms with E-state index in [2.05, 4.69) is 27.2 Å². The lowest BCUT2D eigenvalue weighted by Gasteiger charge is -2.26. The predicted octanol–water partition coefficient (Wildman–Crippen LogP) is 3.87. The van der Waals surface area contributed by atoms with Crippen molar-refractivity contribution in [2.45, 2.75) is 32.4 Å². The predicted molar refractivity (Wildman–Crippen MR) is 123 cm³/mol. The van der Waals surface area contributed by atoms with Crippen LogP contribution in [0.4, 0.5) is 5.95 Å². The first-order chi connectivity index (χ1) is 15.5. The lowest BCUT2D eigenvalue weighted by atomic mass is 10.0. The average molecular weight is 438 g/mol. The minimum absolute atomic E-state index is 0.176. The van der Waals surface area contributed by atoms with Crippen molar-refractivity contribution in [2.24, 2.45) is 0 Å². The summed E-state index contributed by atoms with van der Waals surface area (Å²) in [5.74, 6) is 2.27. The largest absolute Gasteiger partial charge is 0.491 e. The molecule has 0 N–H and O–H groups in total. The smallest absolute Gasteiger partial charge is 0.225 e. The molecule has 0 spiro atoms. The second-order valence-electron chi connectivity index (χ2n) is 8.31. The Labute approximate surface area is 189 Å². The van der Waals surface area contributed by atoms with E-state index in [1.807, 2.05) is 50.3 Å². The fourth-order valence-electron chi connectivity index (χ4n) is 4.07. The van der Waals surface area contributed by atoms with Gasteiger partial charge >= 0.3 is 0 Å². The van der Waals surface area contributed by atoms with Crippen LogP contribution in [0.25, 0.3) is 11.3 Å². The maximum Gasteiger partial charge on any atom is 0.225 e. The van der Waals surface area contributed by atoms with Crippen LogP contribution in [0.2, 0.25) is 0 Å². The summed E-state index contributed by atoms with van der Waals surface area (Å²) < 4.78 is 16.5. The molecule has 2 aromatic heterocycles. The van der Waals surface area contributed by atoms with Crippen LogP contribution < -0.4 is 9.64 Å². The molecule has 8 heteroatoms. The molecule has 4 rings (SSSR count). The van der Waals surface area contributed by atoms with Gasteiger partial charge in [0.15, 0.2) is 5.76 Å². The normalized spacial score (nSPS) is 16.4. The van der Waals surface area contributed by atoms with Gasteiger partial charge in [0.1, 0.15) is 12.4 Å². The van der Waals surface area contributed by atoms with Crippen LogP contribution in [-0.2, 0) is 11.3 Å². The minimum atomic E-state index is 0.176. The summed E-state index contributed by atoms with van der Waals surface area (Å²) in [5.41, 5.74) is 3.96. The molecule has 3 heterocycles. The Kier molecular flexibility index (Phi) is 7.02. The van der Waals surface area contributed by atoms with E-state index in [1.165, 1.54) is 5.56 Å². The standard InChI is InChI=1S/C24H31N5O3/c1-17-13-22(32-27-17)20-15-25-24(28(2)3)26-23(20)21-9-6-10-29(21)16-18-7-5-8-19(14-18)31-12-11-30-4/h5,7-8,13-15,21H,6,9-12,16H2,1-4H3/t21-/m0/s1. The Morgan fingerprint density at radius 1 is 1.22 bits per heavy atom. The first-order valence-electron chi connectivity index (χ1n) is 11.0. The molecular weight excluding hydrogens is 406 g/mol. The summed E-state index contributed by atoms with van der Waals surface area (Å²) in [6.07, 6.45) is 4.01. The minimum Gasteiger partial charge on any atom is -0.491 e. The van der Waals surface area contributed by atoms with E-state index < -0.39 is 0 Å². The van der Waals surface area contributed by atoms with Crippen molar-refractivity contribution in [2.75, 3.05) is 45.9 Å². The number of hydrogen-bond acceptors (Lipinski definition) is 8. The van der Waals surface area contributed by atoms with Crippen molar-refractivity contribution in [1.82, 2.24) is 20.0 Å². The third-order valence-electron chi connectivity index (χ3n) is 5.62. The molecule has 1 atom stereocenters. The van der Waals surface area contributed by atoms with Gasteiger partial charge in [-0.2, -0.15) is 0 Å². The molecule has 1 aromatic carbocycles. The van der Waals surface area contributed by atoms with Crippen LogP contribution in [0.3, 0.4) is 0 Å². The number of rotatable bonds is 9. The zero-order valence-corrected chi connectivity index (χ0v) is 19.2. The molecule has 32 heavy (non-hydrogen) atoms. The van der Waals surface area contributed by atoms with Crippen molar-refractivity contribution in [3.05, 3.63) is 53.5 Å². The summed E-state index contributed by atoms with van der Waals surface area (Å²) in [7, 11) is 5.59. The lowest BCUT2D eigenvalue weighted by molar-refractivity contribution is 0.146. The highest BCUT2D eigenvalue weighted by Crippen LogP contribution is 2.38. The summed E-state index contributed by atoms with van der Waals surface area (Å²) in [5, 5.41) is 4.07. The van der Waals surface area contributed by atoms with Gasteiger partial charge in [-0.05, 0) is 44.0 Å². The van der Waals surface area contributed by atoms with Crippen LogP contribution in [-0.4, -0.2) is 61.0 Å². The number of anilines is 1. The van der Waals surface area contributed by atoms with Gasteiger partial charge in [-0.1, -0.05) is 17.3 Å². The van der Waals surface area contributed by atoms with E-state index in [4.69, 9.17) is 19.0 Å². The molecule has 1 fully saturated rings. The number of methoxy groups -OCH3 is 1. The number of benzene rings is 1. The molecule has 170 valence electrons. The maximum atomic E-state index is 5.80. The van der Waals surface area contributed by atoms with Crippen LogP contribution in [0.1, 0.15) is 35.8 Å². The molecule has 1 aliphatic rings. The van der Waals surface area contributed by atoms with Gasteiger partial charge < -0.3 is 18.9 Å². The summed E-state index contributed by atoms with van der Waals surface area (Å²) in [4.78, 5) is 13.9. The fraction of sp³-hybridized carbons (Fsp3) is 0.458. The Morgan fingerprint density at radius 3 is 2.84 bits per heavy atom. The Bertz CT molecular complexity index is 1040. The molecule has 0 amide bonds. The van der Waals surface area contributed by atoms with Gasteiger partial charge in [0, 0.05) is 40.0 Å². The summed E-state index contributed by atoms with van der Waals surface area (Å²) in [6.45, 7) is 4.87. The molecule has 1 saturated heterocycles. The highest BCUT2D eigenvalue weighted by molar-refractivity contribution is 5.61. The van der Waals surface area contributed by atoms with Crippen molar-refractivity contribution in [3.63, 3.8) is 0 Å². The quantitative estimate of drug-likeness (QED) is 0.467. The fourth-order valence-corrected chi connectivity index (χ4v) is 4.07. The Hall–Kier alpha value is -2.97. The third-order valence-corrected chi connectivity index (χ3v) is 5.62. The van der Waals surface area contributed by atoms with Crippen molar-refractivity contribution in [3.8, 4) is 17.1 Å². The average Bonchev–Trinajstić information content (AvgIpc) is 3.42. The molecule has 0 unspecified atom stereocenters. The lowest BCUT2D eigenvalue weighted by Crippen LogP contribution is -2.25. The van der Waals surface area contributed by atoms with Gasteiger partial charge in [0.05, 0.1) is 29.6 Å². The van der Waals surface area contributed by atoms with Crippen LogP contribution in [0.5, 0.6) is 5.75 Å². The molecular formula is C24H31N5O3. The number of hydrogen-bond donors (Lipinski definition) is 0. The van der Waals surface area contributed by atoms with Crippen LogP contribution >= 0.6 is 0 Å². The summed E-state index contributed by atoms with van der Waals surface area (Å²) in [6, 6.07) is 10.4. The van der Waals surface area contributed by atoms with Gasteiger partial charge in [0.25, 0.3) is 0 Å². The molecule has 0 saturated carbocycles. The molecule has 0 radical (unpaired) electrons. The second-order valence-corrected chi connectivity index (χ2v) is 8.31. The first-order valence-corrected chi connectivity index (χ1v) is 11.0. The maximum absolute atomic E-state index is 5.80. The molecule has 1 aliphatic heterocycles. The second kappa shape index (κ2) is 10.1. The highest BCUT2D eigenvalue weighted by Gasteiger charge is 2.31. The van der Waals surface area contributed by atoms with Crippen molar-refractivity contribution < 1.29 is 14.0 Å². The van der Waals surface area contributed by atoms with E-state index >= 15 is 0 Å². The van der Waals surface area contributed by atoms with Gasteiger partial charge in [0.2, 0.25) is 5.95 Å². The molecule has 0 aliphatic carbocycles. The molecule has 0 bridgehead atoms. The van der Waals surface area contributed by atoms with Gasteiger partial charge in [-0.25, -0.2) is 9.97 Å².